The van der Waals surface area contributed by atoms with Crippen LogP contribution in [0.1, 0.15) is 5.56 Å². The van der Waals surface area contributed by atoms with Crippen LogP contribution in [0.2, 0.25) is 0 Å². The van der Waals surface area contributed by atoms with E-state index < -0.39 is 10.0 Å². The van der Waals surface area contributed by atoms with E-state index in [-0.39, 0.29) is 5.91 Å². The summed E-state index contributed by atoms with van der Waals surface area (Å²) in [6, 6.07) is 13.0. The zero-order valence-electron chi connectivity index (χ0n) is 21.6. The van der Waals surface area contributed by atoms with Gasteiger partial charge in [0.25, 0.3) is 0 Å². The number of ether oxygens (including phenoxy) is 1. The minimum absolute atomic E-state index is 0.289. The monoisotopic (exact) mass is 537 g/mol. The molecule has 1 aliphatic heterocycles. The molecule has 4 rings (SSSR count). The van der Waals surface area contributed by atoms with Crippen LogP contribution in [0.15, 0.2) is 61.3 Å². The predicted octanol–water partition coefficient (Wildman–Crippen LogP) is 3.49. The van der Waals surface area contributed by atoms with Crippen LogP contribution in [-0.4, -0.2) is 68.1 Å². The van der Waals surface area contributed by atoms with Crippen LogP contribution >= 0.6 is 0 Å². The van der Waals surface area contributed by atoms with Gasteiger partial charge in [-0.05, 0) is 43.3 Å². The third-order valence-electron chi connectivity index (χ3n) is 6.05. The zero-order valence-corrected chi connectivity index (χ0v) is 22.4. The highest BCUT2D eigenvalue weighted by Gasteiger charge is 2.24. The van der Waals surface area contributed by atoms with Crippen LogP contribution in [0, 0.1) is 6.92 Å². The van der Waals surface area contributed by atoms with Crippen molar-refractivity contribution in [3.05, 3.63) is 66.9 Å². The van der Waals surface area contributed by atoms with Crippen molar-refractivity contribution in [1.29, 1.82) is 0 Å². The van der Waals surface area contributed by atoms with Gasteiger partial charge in [-0.15, -0.1) is 0 Å². The number of hydrogen-bond acceptors (Lipinski definition) is 9. The van der Waals surface area contributed by atoms with Crippen molar-refractivity contribution >= 4 is 50.4 Å². The van der Waals surface area contributed by atoms with Crippen LogP contribution in [0.25, 0.3) is 0 Å². The van der Waals surface area contributed by atoms with E-state index >= 15 is 0 Å². The normalized spacial score (nSPS) is 14.0. The van der Waals surface area contributed by atoms with Crippen LogP contribution in [-0.2, 0) is 14.8 Å². The summed E-state index contributed by atoms with van der Waals surface area (Å²) in [5, 5.41) is 9.23. The molecule has 3 aromatic rings. The van der Waals surface area contributed by atoms with E-state index in [1.54, 1.807) is 25.4 Å². The van der Waals surface area contributed by atoms with Gasteiger partial charge in [0.15, 0.2) is 0 Å². The second kappa shape index (κ2) is 11.5. The molecule has 0 aliphatic carbocycles. The highest BCUT2D eigenvalue weighted by molar-refractivity contribution is 7.88. The van der Waals surface area contributed by atoms with Gasteiger partial charge in [0.1, 0.15) is 11.6 Å². The van der Waals surface area contributed by atoms with Gasteiger partial charge in [-0.1, -0.05) is 12.6 Å². The molecule has 0 atom stereocenters. The number of carbonyl (C=O) groups is 1. The molecule has 12 heteroatoms. The highest BCUT2D eigenvalue weighted by atomic mass is 32.2. The van der Waals surface area contributed by atoms with Gasteiger partial charge in [-0.25, -0.2) is 13.4 Å². The number of piperazine rings is 1. The number of carbonyl (C=O) groups excluding carboxylic acids is 1. The van der Waals surface area contributed by atoms with Gasteiger partial charge < -0.3 is 25.6 Å². The first-order valence-corrected chi connectivity index (χ1v) is 13.8. The molecule has 11 nitrogen and oxygen atoms in total. The summed E-state index contributed by atoms with van der Waals surface area (Å²) in [6.07, 6.45) is 4.16. The maximum Gasteiger partial charge on any atom is 0.247 e. The minimum atomic E-state index is -3.19. The van der Waals surface area contributed by atoms with Crippen LogP contribution in [0.5, 0.6) is 5.75 Å². The quantitative estimate of drug-likeness (QED) is 0.351. The number of hydrogen-bond donors (Lipinski definition) is 3. The fourth-order valence-electron chi connectivity index (χ4n) is 4.01. The molecule has 1 aliphatic rings. The number of aromatic nitrogens is 2. The van der Waals surface area contributed by atoms with E-state index in [4.69, 9.17) is 4.74 Å². The lowest BCUT2D eigenvalue weighted by Gasteiger charge is -2.35. The SMILES string of the molecule is C=CC(=O)Nc1cccc(Nc2nc(Nc3ccc(N4CCN(S(C)(=O)=O)CC4)cc3OC)ncc2C)c1. The van der Waals surface area contributed by atoms with E-state index in [9.17, 15) is 13.2 Å². The summed E-state index contributed by atoms with van der Waals surface area (Å²) in [5.74, 6) is 1.30. The fourth-order valence-corrected chi connectivity index (χ4v) is 4.84. The molecule has 200 valence electrons. The summed E-state index contributed by atoms with van der Waals surface area (Å²) in [7, 11) is -1.60. The summed E-state index contributed by atoms with van der Waals surface area (Å²) in [5.41, 5.74) is 3.85. The Kier molecular flexibility index (Phi) is 8.13. The van der Waals surface area contributed by atoms with Gasteiger partial charge >= 0.3 is 0 Å². The molecule has 1 amide bonds. The van der Waals surface area contributed by atoms with Crippen LogP contribution in [0.3, 0.4) is 0 Å². The van der Waals surface area contributed by atoms with Crippen molar-refractivity contribution in [2.45, 2.75) is 6.92 Å². The molecule has 1 saturated heterocycles. The lowest BCUT2D eigenvalue weighted by atomic mass is 10.2. The number of nitrogens with one attached hydrogen (secondary N) is 3. The van der Waals surface area contributed by atoms with Crippen molar-refractivity contribution in [3.8, 4) is 5.75 Å². The van der Waals surface area contributed by atoms with Gasteiger partial charge in [-0.2, -0.15) is 9.29 Å². The smallest absolute Gasteiger partial charge is 0.247 e. The highest BCUT2D eigenvalue weighted by Crippen LogP contribution is 2.32. The van der Waals surface area contributed by atoms with Crippen molar-refractivity contribution in [1.82, 2.24) is 14.3 Å². The predicted molar refractivity (Wildman–Crippen MR) is 150 cm³/mol. The molecule has 2 heterocycles. The van der Waals surface area contributed by atoms with E-state index in [2.05, 4.69) is 37.4 Å². The topological polar surface area (TPSA) is 129 Å². The average molecular weight is 538 g/mol. The number of sulfonamides is 1. The average Bonchev–Trinajstić information content (AvgIpc) is 2.90. The Hall–Kier alpha value is -4.16. The maximum absolute atomic E-state index is 11.8. The maximum atomic E-state index is 11.8. The van der Waals surface area contributed by atoms with Gasteiger partial charge in [0.05, 0.1) is 19.1 Å². The van der Waals surface area contributed by atoms with E-state index in [0.717, 1.165) is 16.9 Å². The number of nitrogens with zero attached hydrogens (tertiary/aromatic N) is 4. The third kappa shape index (κ3) is 6.58. The molecule has 3 N–H and O–H groups in total. The third-order valence-corrected chi connectivity index (χ3v) is 7.36. The van der Waals surface area contributed by atoms with E-state index in [1.807, 2.05) is 37.3 Å². The Bertz CT molecular complexity index is 1440. The number of aryl methyl sites for hydroxylation is 1. The summed E-state index contributed by atoms with van der Waals surface area (Å²) < 4.78 is 30.7. The van der Waals surface area contributed by atoms with Gasteiger partial charge in [-0.3, -0.25) is 4.79 Å². The standard InChI is InChI=1S/C26H31N7O4S/c1-5-24(34)28-19-7-6-8-20(15-19)29-25-18(2)17-27-26(31-25)30-22-10-9-21(16-23(22)37-3)32-11-13-33(14-12-32)38(4,35)36/h5-10,15-17H,1,11-14H2,2-4H3,(H,28,34)(H2,27,29,30,31). The molecule has 38 heavy (non-hydrogen) atoms. The first-order chi connectivity index (χ1) is 18.2. The second-order valence-corrected chi connectivity index (χ2v) is 10.8. The molecule has 2 aromatic carbocycles. The molecule has 0 unspecified atom stereocenters. The lowest BCUT2D eigenvalue weighted by molar-refractivity contribution is -0.111. The number of anilines is 6. The molecule has 1 fully saturated rings. The Morgan fingerprint density at radius 2 is 1.82 bits per heavy atom. The zero-order chi connectivity index (χ0) is 27.3. The fraction of sp³-hybridized carbons (Fsp3) is 0.269. The summed E-state index contributed by atoms with van der Waals surface area (Å²) in [4.78, 5) is 22.8. The molecule has 0 spiro atoms. The van der Waals surface area contributed by atoms with Crippen molar-refractivity contribution in [2.75, 3.05) is 60.4 Å². The van der Waals surface area contributed by atoms with Gasteiger partial charge in [0, 0.05) is 61.1 Å². The van der Waals surface area contributed by atoms with E-state index in [1.165, 1.54) is 16.6 Å². The lowest BCUT2D eigenvalue weighted by Crippen LogP contribution is -2.48. The first-order valence-electron chi connectivity index (χ1n) is 12.0. The van der Waals surface area contributed by atoms with E-state index in [0.29, 0.717) is 55.1 Å². The van der Waals surface area contributed by atoms with Crippen LogP contribution < -0.4 is 25.6 Å². The van der Waals surface area contributed by atoms with Gasteiger partial charge in [0.2, 0.25) is 21.9 Å². The molecule has 0 bridgehead atoms. The molecule has 1 aromatic heterocycles. The number of benzene rings is 2. The molecular formula is C26H31N7O4S. The summed E-state index contributed by atoms with van der Waals surface area (Å²) >= 11 is 0. The molecular weight excluding hydrogens is 506 g/mol. The molecule has 0 saturated carbocycles. The number of methoxy groups -OCH3 is 1. The number of rotatable bonds is 9. The Morgan fingerprint density at radius 3 is 2.50 bits per heavy atom. The Labute approximate surface area is 222 Å². The Morgan fingerprint density at radius 1 is 1.08 bits per heavy atom. The minimum Gasteiger partial charge on any atom is -0.494 e. The largest absolute Gasteiger partial charge is 0.494 e. The summed E-state index contributed by atoms with van der Waals surface area (Å²) in [6.45, 7) is 7.44. The van der Waals surface area contributed by atoms with Crippen LogP contribution in [0.4, 0.5) is 34.5 Å². The first kappa shape index (κ1) is 26.9. The van der Waals surface area contributed by atoms with Crippen molar-refractivity contribution in [3.63, 3.8) is 0 Å². The van der Waals surface area contributed by atoms with Crippen molar-refractivity contribution in [2.24, 2.45) is 0 Å². The Balaban J connectivity index is 1.48. The molecule has 0 radical (unpaired) electrons. The van der Waals surface area contributed by atoms with Crippen molar-refractivity contribution < 1.29 is 17.9 Å². The second-order valence-electron chi connectivity index (χ2n) is 8.78. The number of amides is 1.